The van der Waals surface area contributed by atoms with Gasteiger partial charge in [-0.25, -0.2) is 0 Å². The lowest BCUT2D eigenvalue weighted by atomic mass is 10.2. The molecule has 0 N–H and O–H groups in total. The molecule has 58 valence electrons. The van der Waals surface area contributed by atoms with E-state index in [1.807, 2.05) is 12.1 Å². The summed E-state index contributed by atoms with van der Waals surface area (Å²) >= 11 is 6.71. The summed E-state index contributed by atoms with van der Waals surface area (Å²) in [5, 5.41) is 0.906. The molecule has 0 atom stereocenters. The summed E-state index contributed by atoms with van der Waals surface area (Å²) in [6, 6.07) is 8.22. The zero-order valence-electron chi connectivity index (χ0n) is 5.93. The SMILES string of the molecule is BrCC=Cc1ccc(Br)cc1. The van der Waals surface area contributed by atoms with Gasteiger partial charge in [-0.1, -0.05) is 56.1 Å². The average Bonchev–Trinajstić information content (AvgIpc) is 2.04. The molecule has 0 aliphatic carbocycles. The van der Waals surface area contributed by atoms with Crippen LogP contribution in [0.1, 0.15) is 5.56 Å². The van der Waals surface area contributed by atoms with Crippen LogP contribution in [0.2, 0.25) is 0 Å². The van der Waals surface area contributed by atoms with E-state index in [0.717, 1.165) is 9.80 Å². The van der Waals surface area contributed by atoms with Crippen molar-refractivity contribution in [2.45, 2.75) is 0 Å². The summed E-state index contributed by atoms with van der Waals surface area (Å²) in [6.45, 7) is 0. The molecule has 0 saturated carbocycles. The standard InChI is InChI=1S/C9H8Br2/c10-7-1-2-8-3-5-9(11)6-4-8/h1-6H,7H2. The first kappa shape index (κ1) is 9.01. The van der Waals surface area contributed by atoms with Crippen LogP contribution in [-0.2, 0) is 0 Å². The maximum absolute atomic E-state index is 3.38. The van der Waals surface area contributed by atoms with Crippen LogP contribution in [0.15, 0.2) is 34.8 Å². The van der Waals surface area contributed by atoms with E-state index in [9.17, 15) is 0 Å². The molecular weight excluding hydrogens is 268 g/mol. The summed E-state index contributed by atoms with van der Waals surface area (Å²) in [6.07, 6.45) is 4.16. The van der Waals surface area contributed by atoms with Gasteiger partial charge in [0.1, 0.15) is 0 Å². The van der Waals surface area contributed by atoms with E-state index in [2.05, 4.69) is 56.1 Å². The monoisotopic (exact) mass is 274 g/mol. The van der Waals surface area contributed by atoms with Crippen molar-refractivity contribution in [1.29, 1.82) is 0 Å². The molecule has 0 saturated heterocycles. The first-order chi connectivity index (χ1) is 5.33. The number of hydrogen-bond acceptors (Lipinski definition) is 0. The second-order valence-electron chi connectivity index (χ2n) is 2.11. The zero-order valence-corrected chi connectivity index (χ0v) is 9.10. The third-order valence-electron chi connectivity index (χ3n) is 1.27. The number of rotatable bonds is 2. The highest BCUT2D eigenvalue weighted by atomic mass is 79.9. The van der Waals surface area contributed by atoms with E-state index in [1.165, 1.54) is 5.56 Å². The van der Waals surface area contributed by atoms with Gasteiger partial charge in [-0.05, 0) is 17.7 Å². The summed E-state index contributed by atoms with van der Waals surface area (Å²) in [7, 11) is 0. The average molecular weight is 276 g/mol. The fraction of sp³-hybridized carbons (Fsp3) is 0.111. The third-order valence-corrected chi connectivity index (χ3v) is 2.17. The van der Waals surface area contributed by atoms with Crippen molar-refractivity contribution in [2.75, 3.05) is 5.33 Å². The Bertz CT molecular complexity index is 236. The second-order valence-corrected chi connectivity index (χ2v) is 3.67. The fourth-order valence-corrected chi connectivity index (χ4v) is 1.21. The minimum Gasteiger partial charge on any atom is -0.0883 e. The molecule has 1 aromatic carbocycles. The molecule has 0 fully saturated rings. The Morgan fingerprint density at radius 2 is 1.82 bits per heavy atom. The van der Waals surface area contributed by atoms with E-state index in [0.29, 0.717) is 0 Å². The minimum absolute atomic E-state index is 0.906. The first-order valence-corrected chi connectivity index (χ1v) is 5.22. The zero-order chi connectivity index (χ0) is 8.10. The number of allylic oxidation sites excluding steroid dienone is 1. The number of halogens is 2. The molecule has 0 heterocycles. The van der Waals surface area contributed by atoms with E-state index in [-0.39, 0.29) is 0 Å². The molecule has 11 heavy (non-hydrogen) atoms. The maximum Gasteiger partial charge on any atom is 0.0215 e. The van der Waals surface area contributed by atoms with E-state index in [4.69, 9.17) is 0 Å². The van der Waals surface area contributed by atoms with Crippen molar-refractivity contribution in [3.63, 3.8) is 0 Å². The molecule has 0 aliphatic rings. The molecular formula is C9H8Br2. The molecule has 1 rings (SSSR count). The maximum atomic E-state index is 3.38. The third kappa shape index (κ3) is 3.21. The molecule has 0 aliphatic heterocycles. The highest BCUT2D eigenvalue weighted by Gasteiger charge is 1.85. The molecule has 0 bridgehead atoms. The summed E-state index contributed by atoms with van der Waals surface area (Å²) in [5.74, 6) is 0. The fourth-order valence-electron chi connectivity index (χ4n) is 0.755. The van der Waals surface area contributed by atoms with Crippen LogP contribution in [0.5, 0.6) is 0 Å². The lowest BCUT2D eigenvalue weighted by Gasteiger charge is -1.91. The van der Waals surface area contributed by atoms with Gasteiger partial charge in [-0.15, -0.1) is 0 Å². The van der Waals surface area contributed by atoms with Crippen molar-refractivity contribution in [3.05, 3.63) is 40.4 Å². The van der Waals surface area contributed by atoms with Gasteiger partial charge in [0.25, 0.3) is 0 Å². The van der Waals surface area contributed by atoms with Crippen LogP contribution in [0.3, 0.4) is 0 Å². The van der Waals surface area contributed by atoms with Crippen molar-refractivity contribution in [1.82, 2.24) is 0 Å². The number of benzene rings is 1. The Morgan fingerprint density at radius 3 is 2.36 bits per heavy atom. The predicted octanol–water partition coefficient (Wildman–Crippen LogP) is 3.86. The Labute approximate surface area is 83.6 Å². The summed E-state index contributed by atoms with van der Waals surface area (Å²) < 4.78 is 1.12. The van der Waals surface area contributed by atoms with Crippen molar-refractivity contribution in [2.24, 2.45) is 0 Å². The molecule has 0 nitrogen and oxygen atoms in total. The highest BCUT2D eigenvalue weighted by Crippen LogP contribution is 2.11. The largest absolute Gasteiger partial charge is 0.0883 e. The summed E-state index contributed by atoms with van der Waals surface area (Å²) in [4.78, 5) is 0. The van der Waals surface area contributed by atoms with E-state index >= 15 is 0 Å². The number of hydrogen-bond donors (Lipinski definition) is 0. The van der Waals surface area contributed by atoms with Crippen molar-refractivity contribution >= 4 is 37.9 Å². The van der Waals surface area contributed by atoms with Gasteiger partial charge in [0.15, 0.2) is 0 Å². The van der Waals surface area contributed by atoms with Gasteiger partial charge in [0, 0.05) is 9.80 Å². The van der Waals surface area contributed by atoms with Crippen LogP contribution < -0.4 is 0 Å². The summed E-state index contributed by atoms with van der Waals surface area (Å²) in [5.41, 5.74) is 1.23. The van der Waals surface area contributed by atoms with Gasteiger partial charge in [0.05, 0.1) is 0 Å². The predicted molar refractivity (Wildman–Crippen MR) is 57.0 cm³/mol. The Morgan fingerprint density at radius 1 is 1.18 bits per heavy atom. The Balaban J connectivity index is 2.73. The molecule has 0 unspecified atom stereocenters. The Kier molecular flexibility index (Phi) is 3.87. The topological polar surface area (TPSA) is 0 Å². The van der Waals surface area contributed by atoms with E-state index in [1.54, 1.807) is 0 Å². The molecule has 0 aromatic heterocycles. The normalized spacial score (nSPS) is 10.7. The van der Waals surface area contributed by atoms with Crippen LogP contribution in [0, 0.1) is 0 Å². The van der Waals surface area contributed by atoms with Gasteiger partial charge in [-0.2, -0.15) is 0 Å². The van der Waals surface area contributed by atoms with E-state index < -0.39 is 0 Å². The molecule has 2 heteroatoms. The lowest BCUT2D eigenvalue weighted by Crippen LogP contribution is -1.70. The lowest BCUT2D eigenvalue weighted by molar-refractivity contribution is 1.61. The molecule has 1 aromatic rings. The smallest absolute Gasteiger partial charge is 0.0215 e. The van der Waals surface area contributed by atoms with Gasteiger partial charge in [-0.3, -0.25) is 0 Å². The van der Waals surface area contributed by atoms with Crippen LogP contribution in [0.25, 0.3) is 6.08 Å². The minimum atomic E-state index is 0.906. The van der Waals surface area contributed by atoms with Crippen molar-refractivity contribution in [3.8, 4) is 0 Å². The van der Waals surface area contributed by atoms with Crippen molar-refractivity contribution < 1.29 is 0 Å². The number of alkyl halides is 1. The highest BCUT2D eigenvalue weighted by molar-refractivity contribution is 9.10. The molecule has 0 amide bonds. The van der Waals surface area contributed by atoms with Crippen LogP contribution in [-0.4, -0.2) is 5.33 Å². The Hall–Kier alpha value is -0.0800. The quantitative estimate of drug-likeness (QED) is 0.719. The van der Waals surface area contributed by atoms with Crippen LogP contribution >= 0.6 is 31.9 Å². The molecule has 0 radical (unpaired) electrons. The van der Waals surface area contributed by atoms with Gasteiger partial charge in [0.2, 0.25) is 0 Å². The van der Waals surface area contributed by atoms with Crippen LogP contribution in [0.4, 0.5) is 0 Å². The van der Waals surface area contributed by atoms with Gasteiger partial charge >= 0.3 is 0 Å². The first-order valence-electron chi connectivity index (χ1n) is 3.31. The van der Waals surface area contributed by atoms with Gasteiger partial charge < -0.3 is 0 Å². The molecule has 0 spiro atoms. The second kappa shape index (κ2) is 4.73.